The fraction of sp³-hybridized carbons (Fsp3) is 0.188. The van der Waals surface area contributed by atoms with Gasteiger partial charge in [0.1, 0.15) is 0 Å². The predicted octanol–water partition coefficient (Wildman–Crippen LogP) is 3.16. The second-order valence-electron chi connectivity index (χ2n) is 4.78. The van der Waals surface area contributed by atoms with Crippen LogP contribution >= 0.6 is 0 Å². The van der Waals surface area contributed by atoms with Gasteiger partial charge >= 0.3 is 0 Å². The Labute approximate surface area is 113 Å². The summed E-state index contributed by atoms with van der Waals surface area (Å²) in [5.74, 6) is -0.0336. The van der Waals surface area contributed by atoms with Gasteiger partial charge < -0.3 is 10.6 Å². The van der Waals surface area contributed by atoms with Crippen molar-refractivity contribution in [3.63, 3.8) is 0 Å². The highest BCUT2D eigenvalue weighted by Gasteiger charge is 2.15. The van der Waals surface area contributed by atoms with Crippen LogP contribution in [0.4, 0.5) is 11.4 Å². The van der Waals surface area contributed by atoms with E-state index in [0.29, 0.717) is 11.3 Å². The maximum Gasteiger partial charge on any atom is 0.258 e. The summed E-state index contributed by atoms with van der Waals surface area (Å²) in [6, 6.07) is 13.1. The molecule has 0 heterocycles. The fourth-order valence-corrected chi connectivity index (χ4v) is 2.01. The van der Waals surface area contributed by atoms with Crippen LogP contribution in [0.2, 0.25) is 0 Å². The smallest absolute Gasteiger partial charge is 0.258 e. The Morgan fingerprint density at radius 1 is 1.05 bits per heavy atom. The number of nitrogens with two attached hydrogens (primary N) is 1. The van der Waals surface area contributed by atoms with Crippen LogP contribution in [-0.4, -0.2) is 13.0 Å². The molecule has 0 aliphatic rings. The summed E-state index contributed by atoms with van der Waals surface area (Å²) < 4.78 is 0. The monoisotopic (exact) mass is 254 g/mol. The minimum atomic E-state index is -0.0336. The molecule has 2 aromatic carbocycles. The zero-order valence-corrected chi connectivity index (χ0v) is 11.5. The summed E-state index contributed by atoms with van der Waals surface area (Å²) in [4.78, 5) is 14.1. The van der Waals surface area contributed by atoms with E-state index < -0.39 is 0 Å². The third-order valence-electron chi connectivity index (χ3n) is 3.19. The van der Waals surface area contributed by atoms with Gasteiger partial charge in [-0.1, -0.05) is 12.1 Å². The van der Waals surface area contributed by atoms with Crippen LogP contribution in [0.3, 0.4) is 0 Å². The van der Waals surface area contributed by atoms with Crippen LogP contribution in [0.15, 0.2) is 42.5 Å². The molecule has 0 atom stereocenters. The topological polar surface area (TPSA) is 46.3 Å². The van der Waals surface area contributed by atoms with E-state index in [1.54, 1.807) is 36.2 Å². The van der Waals surface area contributed by atoms with E-state index >= 15 is 0 Å². The first kappa shape index (κ1) is 13.1. The number of amides is 1. The molecule has 0 fully saturated rings. The first-order chi connectivity index (χ1) is 8.99. The lowest BCUT2D eigenvalue weighted by atomic mass is 10.1. The number of carbonyl (C=O) groups is 1. The number of nitrogens with zero attached hydrogens (tertiary/aromatic N) is 1. The molecule has 2 aromatic rings. The molecule has 98 valence electrons. The third kappa shape index (κ3) is 2.76. The number of benzene rings is 2. The largest absolute Gasteiger partial charge is 0.399 e. The Hall–Kier alpha value is -2.29. The number of rotatable bonds is 2. The third-order valence-corrected chi connectivity index (χ3v) is 3.19. The van der Waals surface area contributed by atoms with E-state index in [2.05, 4.69) is 0 Å². The second-order valence-corrected chi connectivity index (χ2v) is 4.78. The predicted molar refractivity (Wildman–Crippen MR) is 79.5 cm³/mol. The highest BCUT2D eigenvalue weighted by atomic mass is 16.2. The molecule has 0 aliphatic heterocycles. The van der Waals surface area contributed by atoms with Crippen molar-refractivity contribution in [1.29, 1.82) is 0 Å². The van der Waals surface area contributed by atoms with Gasteiger partial charge in [-0.2, -0.15) is 0 Å². The van der Waals surface area contributed by atoms with Gasteiger partial charge in [0, 0.05) is 24.0 Å². The molecule has 19 heavy (non-hydrogen) atoms. The average Bonchev–Trinajstić information content (AvgIpc) is 2.41. The minimum Gasteiger partial charge on any atom is -0.399 e. The lowest BCUT2D eigenvalue weighted by molar-refractivity contribution is 0.0993. The van der Waals surface area contributed by atoms with Crippen LogP contribution in [-0.2, 0) is 0 Å². The first-order valence-corrected chi connectivity index (χ1v) is 6.20. The van der Waals surface area contributed by atoms with Gasteiger partial charge in [0.2, 0.25) is 0 Å². The molecule has 2 rings (SSSR count). The fourth-order valence-electron chi connectivity index (χ4n) is 2.01. The summed E-state index contributed by atoms with van der Waals surface area (Å²) in [7, 11) is 1.79. The van der Waals surface area contributed by atoms with Crippen LogP contribution in [0.25, 0.3) is 0 Å². The van der Waals surface area contributed by atoms with Gasteiger partial charge in [-0.25, -0.2) is 0 Å². The molecule has 0 saturated heterocycles. The van der Waals surface area contributed by atoms with Gasteiger partial charge in [-0.3, -0.25) is 4.79 Å². The van der Waals surface area contributed by atoms with Crippen LogP contribution in [0, 0.1) is 13.8 Å². The van der Waals surface area contributed by atoms with E-state index in [9.17, 15) is 4.79 Å². The highest BCUT2D eigenvalue weighted by Crippen LogP contribution is 2.22. The van der Waals surface area contributed by atoms with E-state index in [0.717, 1.165) is 16.8 Å². The Balaban J connectivity index is 2.33. The zero-order chi connectivity index (χ0) is 14.0. The Bertz CT molecular complexity index is 603. The molecule has 0 saturated carbocycles. The van der Waals surface area contributed by atoms with E-state index in [4.69, 9.17) is 5.73 Å². The molecular formula is C16H18N2O. The summed E-state index contributed by atoms with van der Waals surface area (Å²) in [5, 5.41) is 0. The molecule has 0 bridgehead atoms. The molecule has 0 spiro atoms. The number of hydrogen-bond acceptors (Lipinski definition) is 2. The normalized spacial score (nSPS) is 10.3. The van der Waals surface area contributed by atoms with Crippen molar-refractivity contribution in [3.8, 4) is 0 Å². The molecule has 0 aromatic heterocycles. The molecule has 3 heteroatoms. The van der Waals surface area contributed by atoms with Crippen LogP contribution < -0.4 is 10.6 Å². The standard InChI is InChI=1S/C16H18N2O/c1-11-4-5-12(2)15(10-11)18(3)16(19)13-6-8-14(17)9-7-13/h4-10H,17H2,1-3H3. The molecule has 2 N–H and O–H groups in total. The lowest BCUT2D eigenvalue weighted by Gasteiger charge is -2.20. The molecule has 0 aliphatic carbocycles. The van der Waals surface area contributed by atoms with Gasteiger partial charge in [-0.05, 0) is 55.3 Å². The van der Waals surface area contributed by atoms with Gasteiger partial charge in [0.15, 0.2) is 0 Å². The zero-order valence-electron chi connectivity index (χ0n) is 11.5. The number of carbonyl (C=O) groups excluding carboxylic acids is 1. The van der Waals surface area contributed by atoms with Crippen molar-refractivity contribution in [3.05, 3.63) is 59.2 Å². The number of anilines is 2. The lowest BCUT2D eigenvalue weighted by Crippen LogP contribution is -2.26. The molecule has 0 unspecified atom stereocenters. The minimum absolute atomic E-state index is 0.0336. The number of nitrogen functional groups attached to an aromatic ring is 1. The quantitative estimate of drug-likeness (QED) is 0.837. The summed E-state index contributed by atoms with van der Waals surface area (Å²) >= 11 is 0. The summed E-state index contributed by atoms with van der Waals surface area (Å²) in [6.07, 6.45) is 0. The van der Waals surface area contributed by atoms with Crippen molar-refractivity contribution >= 4 is 17.3 Å². The van der Waals surface area contributed by atoms with E-state index in [-0.39, 0.29) is 5.91 Å². The van der Waals surface area contributed by atoms with E-state index in [1.165, 1.54) is 0 Å². The molecule has 3 nitrogen and oxygen atoms in total. The highest BCUT2D eigenvalue weighted by molar-refractivity contribution is 6.06. The van der Waals surface area contributed by atoms with Crippen molar-refractivity contribution in [2.75, 3.05) is 17.7 Å². The average molecular weight is 254 g/mol. The molecule has 0 radical (unpaired) electrons. The second kappa shape index (κ2) is 5.14. The summed E-state index contributed by atoms with van der Waals surface area (Å²) in [6.45, 7) is 4.02. The van der Waals surface area contributed by atoms with Crippen LogP contribution in [0.1, 0.15) is 21.5 Å². The van der Waals surface area contributed by atoms with Crippen molar-refractivity contribution in [2.24, 2.45) is 0 Å². The van der Waals surface area contributed by atoms with Gasteiger partial charge in [0.05, 0.1) is 0 Å². The number of hydrogen-bond donors (Lipinski definition) is 1. The Kier molecular flexibility index (Phi) is 3.56. The number of aryl methyl sites for hydroxylation is 2. The van der Waals surface area contributed by atoms with Gasteiger partial charge in [0.25, 0.3) is 5.91 Å². The first-order valence-electron chi connectivity index (χ1n) is 6.20. The molecular weight excluding hydrogens is 236 g/mol. The van der Waals surface area contributed by atoms with Gasteiger partial charge in [-0.15, -0.1) is 0 Å². The Morgan fingerprint density at radius 3 is 2.32 bits per heavy atom. The molecule has 1 amide bonds. The van der Waals surface area contributed by atoms with Crippen molar-refractivity contribution in [2.45, 2.75) is 13.8 Å². The SMILES string of the molecule is Cc1ccc(C)c(N(C)C(=O)c2ccc(N)cc2)c1. The van der Waals surface area contributed by atoms with Crippen molar-refractivity contribution in [1.82, 2.24) is 0 Å². The Morgan fingerprint density at radius 2 is 1.68 bits per heavy atom. The van der Waals surface area contributed by atoms with Crippen molar-refractivity contribution < 1.29 is 4.79 Å². The van der Waals surface area contributed by atoms with Crippen LogP contribution in [0.5, 0.6) is 0 Å². The maximum atomic E-state index is 12.4. The maximum absolute atomic E-state index is 12.4. The summed E-state index contributed by atoms with van der Waals surface area (Å²) in [5.41, 5.74) is 10.1. The van der Waals surface area contributed by atoms with E-state index in [1.807, 2.05) is 32.0 Å².